The zero-order valence-electron chi connectivity index (χ0n) is 14.4. The van der Waals surface area contributed by atoms with E-state index in [4.69, 9.17) is 0 Å². The van der Waals surface area contributed by atoms with Crippen LogP contribution in [0.25, 0.3) is 20.3 Å². The molecule has 2 aromatic carbocycles. The van der Waals surface area contributed by atoms with E-state index in [1.165, 1.54) is 5.56 Å². The number of anilines is 4. The smallest absolute Gasteiger partial charge is 0.171 e. The zero-order valence-corrected chi connectivity index (χ0v) is 16.1. The molecule has 0 radical (unpaired) electrons. The average molecular weight is 390 g/mol. The lowest BCUT2D eigenvalue weighted by atomic mass is 10.2. The number of hydrogen-bond acceptors (Lipinski definition) is 7. The van der Waals surface area contributed by atoms with Gasteiger partial charge in [0.05, 0.1) is 20.4 Å². The predicted molar refractivity (Wildman–Crippen MR) is 115 cm³/mol. The van der Waals surface area contributed by atoms with Crippen LogP contribution in [0.2, 0.25) is 0 Å². The molecular formula is C20H15N5S2. The molecule has 132 valence electrons. The number of rotatable bonds is 4. The topological polar surface area (TPSA) is 62.7 Å². The molecule has 0 aliphatic carbocycles. The lowest BCUT2D eigenvalue weighted by Gasteiger charge is -2.10. The SMILES string of the molecule is Cc1ccc(Nc2nnc(Nc3ccc4ncsc4c3)c3sccc23)cc1. The molecule has 0 spiro atoms. The Balaban J connectivity index is 1.49. The van der Waals surface area contributed by atoms with E-state index in [-0.39, 0.29) is 0 Å². The number of aromatic nitrogens is 3. The second kappa shape index (κ2) is 6.61. The van der Waals surface area contributed by atoms with Gasteiger partial charge in [0, 0.05) is 16.8 Å². The van der Waals surface area contributed by atoms with E-state index >= 15 is 0 Å². The van der Waals surface area contributed by atoms with Gasteiger partial charge in [-0.25, -0.2) is 4.98 Å². The molecule has 0 unspecified atom stereocenters. The minimum atomic E-state index is 0.762. The van der Waals surface area contributed by atoms with Crippen molar-refractivity contribution in [1.82, 2.24) is 15.2 Å². The van der Waals surface area contributed by atoms with Crippen LogP contribution in [-0.2, 0) is 0 Å². The highest BCUT2D eigenvalue weighted by Gasteiger charge is 2.12. The van der Waals surface area contributed by atoms with Gasteiger partial charge in [0.2, 0.25) is 0 Å². The number of hydrogen-bond donors (Lipinski definition) is 2. The Morgan fingerprint density at radius 2 is 1.59 bits per heavy atom. The third-order valence-corrected chi connectivity index (χ3v) is 6.01. The second-order valence-corrected chi connectivity index (χ2v) is 8.01. The Bertz CT molecular complexity index is 1240. The first kappa shape index (κ1) is 16.2. The van der Waals surface area contributed by atoms with E-state index in [2.05, 4.69) is 62.4 Å². The minimum Gasteiger partial charge on any atom is -0.338 e. The van der Waals surface area contributed by atoms with Gasteiger partial charge < -0.3 is 10.6 Å². The Kier molecular flexibility index (Phi) is 3.95. The molecule has 0 aliphatic heterocycles. The Hall–Kier alpha value is -3.03. The quantitative estimate of drug-likeness (QED) is 0.389. The van der Waals surface area contributed by atoms with Crippen molar-refractivity contribution in [3.05, 3.63) is 65.0 Å². The molecule has 0 bridgehead atoms. The van der Waals surface area contributed by atoms with E-state index in [0.717, 1.165) is 43.3 Å². The third-order valence-electron chi connectivity index (χ3n) is 4.29. The summed E-state index contributed by atoms with van der Waals surface area (Å²) in [5.41, 5.74) is 6.08. The first-order valence-electron chi connectivity index (χ1n) is 8.44. The highest BCUT2D eigenvalue weighted by molar-refractivity contribution is 7.18. The van der Waals surface area contributed by atoms with E-state index in [0.29, 0.717) is 0 Å². The maximum Gasteiger partial charge on any atom is 0.171 e. The molecule has 0 amide bonds. The van der Waals surface area contributed by atoms with Crippen LogP contribution in [0.15, 0.2) is 59.4 Å². The van der Waals surface area contributed by atoms with Crippen molar-refractivity contribution in [3.8, 4) is 0 Å². The summed E-state index contributed by atoms with van der Waals surface area (Å²) in [6.07, 6.45) is 0. The number of thiophene rings is 1. The predicted octanol–water partition coefficient (Wildman–Crippen LogP) is 6.10. The van der Waals surface area contributed by atoms with Crippen molar-refractivity contribution in [2.45, 2.75) is 6.92 Å². The molecule has 3 heterocycles. The van der Waals surface area contributed by atoms with Gasteiger partial charge in [-0.3, -0.25) is 0 Å². The molecular weight excluding hydrogens is 374 g/mol. The summed E-state index contributed by atoms with van der Waals surface area (Å²) in [4.78, 5) is 4.32. The average Bonchev–Trinajstić information content (AvgIpc) is 3.34. The maximum absolute atomic E-state index is 4.43. The van der Waals surface area contributed by atoms with Crippen LogP contribution in [0, 0.1) is 6.92 Å². The summed E-state index contributed by atoms with van der Waals surface area (Å²) in [6, 6.07) is 16.4. The Morgan fingerprint density at radius 1 is 0.815 bits per heavy atom. The van der Waals surface area contributed by atoms with E-state index in [1.807, 2.05) is 29.8 Å². The zero-order chi connectivity index (χ0) is 18.2. The van der Waals surface area contributed by atoms with Crippen LogP contribution < -0.4 is 10.6 Å². The normalized spacial score (nSPS) is 11.1. The molecule has 5 aromatic rings. The molecule has 5 nitrogen and oxygen atoms in total. The molecule has 0 saturated carbocycles. The van der Waals surface area contributed by atoms with Crippen molar-refractivity contribution in [1.29, 1.82) is 0 Å². The van der Waals surface area contributed by atoms with Gasteiger partial charge in [-0.05, 0) is 48.7 Å². The summed E-state index contributed by atoms with van der Waals surface area (Å²) in [5, 5.41) is 18.7. The molecule has 27 heavy (non-hydrogen) atoms. The minimum absolute atomic E-state index is 0.762. The van der Waals surface area contributed by atoms with Gasteiger partial charge in [-0.2, -0.15) is 0 Å². The maximum atomic E-state index is 4.43. The number of fused-ring (bicyclic) bond motifs is 2. The molecule has 3 aromatic heterocycles. The number of aryl methyl sites for hydroxylation is 1. The molecule has 0 atom stereocenters. The molecule has 5 rings (SSSR count). The summed E-state index contributed by atoms with van der Waals surface area (Å²) < 4.78 is 2.22. The highest BCUT2D eigenvalue weighted by atomic mass is 32.1. The van der Waals surface area contributed by atoms with Crippen molar-refractivity contribution in [3.63, 3.8) is 0 Å². The van der Waals surface area contributed by atoms with Crippen LogP contribution in [0.4, 0.5) is 23.0 Å². The van der Waals surface area contributed by atoms with Crippen LogP contribution in [0.5, 0.6) is 0 Å². The molecule has 2 N–H and O–H groups in total. The van der Waals surface area contributed by atoms with Gasteiger partial charge in [0.15, 0.2) is 11.6 Å². The van der Waals surface area contributed by atoms with Gasteiger partial charge in [-0.1, -0.05) is 17.7 Å². The van der Waals surface area contributed by atoms with Crippen LogP contribution >= 0.6 is 22.7 Å². The first-order chi connectivity index (χ1) is 13.3. The standard InChI is InChI=1S/C20H15N5S2/c1-12-2-4-13(5-3-12)22-19-15-8-9-26-18(15)20(25-24-19)23-14-6-7-16-17(10-14)27-11-21-16/h2-11H,1H3,(H,22,24)(H,23,25). The lowest BCUT2D eigenvalue weighted by molar-refractivity contribution is 1.06. The summed E-state index contributed by atoms with van der Waals surface area (Å²) in [7, 11) is 0. The molecule has 0 fully saturated rings. The van der Waals surface area contributed by atoms with Crippen LogP contribution in [0.1, 0.15) is 5.56 Å². The molecule has 0 aliphatic rings. The number of nitrogens with one attached hydrogen (secondary N) is 2. The monoisotopic (exact) mass is 389 g/mol. The first-order valence-corrected chi connectivity index (χ1v) is 10.2. The summed E-state index contributed by atoms with van der Waals surface area (Å²) in [5.74, 6) is 1.52. The number of thiazole rings is 1. The van der Waals surface area contributed by atoms with E-state index in [1.54, 1.807) is 22.7 Å². The molecule has 7 heteroatoms. The lowest BCUT2D eigenvalue weighted by Crippen LogP contribution is -2.00. The van der Waals surface area contributed by atoms with Crippen molar-refractivity contribution in [2.24, 2.45) is 0 Å². The third kappa shape index (κ3) is 3.11. The van der Waals surface area contributed by atoms with Crippen molar-refractivity contribution in [2.75, 3.05) is 10.6 Å². The molecule has 0 saturated heterocycles. The van der Waals surface area contributed by atoms with Crippen LogP contribution in [0.3, 0.4) is 0 Å². The number of benzene rings is 2. The summed E-state index contributed by atoms with van der Waals surface area (Å²) in [6.45, 7) is 2.07. The fourth-order valence-electron chi connectivity index (χ4n) is 2.90. The van der Waals surface area contributed by atoms with Crippen molar-refractivity contribution < 1.29 is 0 Å². The summed E-state index contributed by atoms with van der Waals surface area (Å²) >= 11 is 3.28. The van der Waals surface area contributed by atoms with Gasteiger partial charge in [0.1, 0.15) is 0 Å². The van der Waals surface area contributed by atoms with Gasteiger partial charge in [0.25, 0.3) is 0 Å². The Labute approximate surface area is 163 Å². The van der Waals surface area contributed by atoms with Crippen LogP contribution in [-0.4, -0.2) is 15.2 Å². The van der Waals surface area contributed by atoms with Gasteiger partial charge >= 0.3 is 0 Å². The fraction of sp³-hybridized carbons (Fsp3) is 0.0500. The highest BCUT2D eigenvalue weighted by Crippen LogP contribution is 2.34. The second-order valence-electron chi connectivity index (χ2n) is 6.21. The fourth-order valence-corrected chi connectivity index (χ4v) is 4.45. The number of nitrogens with zero attached hydrogens (tertiary/aromatic N) is 3. The van der Waals surface area contributed by atoms with E-state index < -0.39 is 0 Å². The van der Waals surface area contributed by atoms with Crippen molar-refractivity contribution >= 4 is 66.0 Å². The largest absolute Gasteiger partial charge is 0.338 e. The van der Waals surface area contributed by atoms with Gasteiger partial charge in [-0.15, -0.1) is 32.9 Å². The Morgan fingerprint density at radius 3 is 2.48 bits per heavy atom. The van der Waals surface area contributed by atoms with E-state index in [9.17, 15) is 0 Å².